The minimum atomic E-state index is -4.54. The van der Waals surface area contributed by atoms with Gasteiger partial charge in [-0.1, -0.05) is 6.08 Å². The highest BCUT2D eigenvalue weighted by Gasteiger charge is 2.31. The normalized spacial score (nSPS) is 15.5. The van der Waals surface area contributed by atoms with Crippen LogP contribution < -0.4 is 15.8 Å². The molecular formula is C31H28F5N7O5. The summed E-state index contributed by atoms with van der Waals surface area (Å²) in [6.45, 7) is 2.35. The van der Waals surface area contributed by atoms with Crippen LogP contribution in [0.5, 0.6) is 5.75 Å². The number of aromatic nitrogens is 4. The van der Waals surface area contributed by atoms with Crippen molar-refractivity contribution < 1.29 is 41.4 Å². The molecule has 2 aliphatic rings. The van der Waals surface area contributed by atoms with Crippen molar-refractivity contribution in [3.05, 3.63) is 87.1 Å². The number of carbonyl (C=O) groups excluding carboxylic acids is 2. The number of nitrogens with zero attached hydrogens (tertiary/aromatic N) is 6. The summed E-state index contributed by atoms with van der Waals surface area (Å²) in [6.07, 6.45) is -2.25. The summed E-state index contributed by atoms with van der Waals surface area (Å²) < 4.78 is 74.3. The zero-order valence-electron chi connectivity index (χ0n) is 25.4. The smallest absolute Gasteiger partial charge is 0.416 e. The molecule has 252 valence electrons. The van der Waals surface area contributed by atoms with Crippen LogP contribution in [0.15, 0.2) is 47.3 Å². The van der Waals surface area contributed by atoms with Gasteiger partial charge in [0, 0.05) is 37.6 Å². The van der Waals surface area contributed by atoms with Gasteiger partial charge in [-0.25, -0.2) is 4.39 Å². The van der Waals surface area contributed by atoms with Gasteiger partial charge in [0.15, 0.2) is 17.4 Å². The molecule has 2 amide bonds. The summed E-state index contributed by atoms with van der Waals surface area (Å²) in [4.78, 5) is 47.8. The van der Waals surface area contributed by atoms with E-state index in [-0.39, 0.29) is 55.7 Å². The molecular weight excluding hydrogens is 645 g/mol. The van der Waals surface area contributed by atoms with Crippen molar-refractivity contribution in [1.29, 1.82) is 0 Å². The number of rotatable bonds is 6. The lowest BCUT2D eigenvalue weighted by Crippen LogP contribution is -2.50. The number of phenols is 1. The average molecular weight is 674 g/mol. The molecule has 0 radical (unpaired) electrons. The number of aromatic hydroxyl groups is 1. The van der Waals surface area contributed by atoms with Crippen molar-refractivity contribution in [2.75, 3.05) is 49.6 Å². The standard InChI is InChI=1S/C31H28F5N7O5/c1-17-25(40-10-12-41(13-11-40)28(46)21-6-7-22(32)24(33)26(21)45)29(47)43-30(38-27(39-43)18-8-14-48-15-9-18)42(17)16-23(44)37-20-4-2-19(3-5-20)31(34,35)36/h2-8,45H,9-16H2,1H3,(H,37,44). The first kappa shape index (κ1) is 32.6. The van der Waals surface area contributed by atoms with Gasteiger partial charge in [0.1, 0.15) is 12.2 Å². The van der Waals surface area contributed by atoms with Crippen LogP contribution in [-0.4, -0.2) is 80.4 Å². The molecule has 4 aromatic rings. The molecule has 0 atom stereocenters. The van der Waals surface area contributed by atoms with E-state index in [4.69, 9.17) is 4.74 Å². The summed E-state index contributed by atoms with van der Waals surface area (Å²) in [6, 6.07) is 5.70. The Balaban J connectivity index is 1.30. The molecule has 1 saturated heterocycles. The van der Waals surface area contributed by atoms with Crippen LogP contribution in [-0.2, 0) is 22.3 Å². The summed E-state index contributed by atoms with van der Waals surface area (Å²) in [7, 11) is 0. The van der Waals surface area contributed by atoms with Crippen LogP contribution in [0.25, 0.3) is 11.4 Å². The maximum atomic E-state index is 13.9. The second-order valence-electron chi connectivity index (χ2n) is 11.2. The number of fused-ring (bicyclic) bond motifs is 1. The first-order valence-corrected chi connectivity index (χ1v) is 14.8. The Bertz CT molecular complexity index is 2000. The van der Waals surface area contributed by atoms with Gasteiger partial charge in [0.05, 0.1) is 24.3 Å². The Hall–Kier alpha value is -5.32. The van der Waals surface area contributed by atoms with Crippen LogP contribution in [0.3, 0.4) is 0 Å². The van der Waals surface area contributed by atoms with Crippen molar-refractivity contribution in [1.82, 2.24) is 24.1 Å². The van der Waals surface area contributed by atoms with Gasteiger partial charge in [-0.05, 0) is 55.3 Å². The fourth-order valence-corrected chi connectivity index (χ4v) is 5.67. The molecule has 0 unspecified atom stereocenters. The van der Waals surface area contributed by atoms with Gasteiger partial charge < -0.3 is 29.5 Å². The number of hydrogen-bond donors (Lipinski definition) is 2. The lowest BCUT2D eigenvalue weighted by atomic mass is 10.1. The van der Waals surface area contributed by atoms with Gasteiger partial charge in [-0.3, -0.25) is 14.4 Å². The number of alkyl halides is 3. The van der Waals surface area contributed by atoms with E-state index in [0.717, 1.165) is 46.5 Å². The van der Waals surface area contributed by atoms with Crippen molar-refractivity contribution >= 4 is 34.5 Å². The molecule has 0 bridgehead atoms. The fourth-order valence-electron chi connectivity index (χ4n) is 5.67. The largest absolute Gasteiger partial charge is 0.504 e. The number of piperazine rings is 1. The Morgan fingerprint density at radius 3 is 2.40 bits per heavy atom. The number of ether oxygens (including phenoxy) is 1. The Kier molecular flexibility index (Phi) is 8.63. The van der Waals surface area contributed by atoms with E-state index >= 15 is 0 Å². The number of amides is 2. The molecule has 4 heterocycles. The van der Waals surface area contributed by atoms with E-state index in [2.05, 4.69) is 15.4 Å². The fraction of sp³-hybridized carbons (Fsp3) is 0.323. The van der Waals surface area contributed by atoms with Crippen LogP contribution in [0.4, 0.5) is 33.3 Å². The van der Waals surface area contributed by atoms with Gasteiger partial charge >= 0.3 is 6.18 Å². The maximum absolute atomic E-state index is 13.9. The summed E-state index contributed by atoms with van der Waals surface area (Å²) in [5, 5.41) is 17.0. The summed E-state index contributed by atoms with van der Waals surface area (Å²) in [5.74, 6) is -4.92. The molecule has 0 saturated carbocycles. The number of nitrogens with one attached hydrogen (secondary N) is 1. The minimum Gasteiger partial charge on any atom is -0.504 e. The quantitative estimate of drug-likeness (QED) is 0.297. The van der Waals surface area contributed by atoms with Crippen LogP contribution in [0.2, 0.25) is 0 Å². The number of benzene rings is 2. The van der Waals surface area contributed by atoms with Crippen molar-refractivity contribution in [3.63, 3.8) is 0 Å². The Morgan fingerprint density at radius 2 is 1.75 bits per heavy atom. The highest BCUT2D eigenvalue weighted by molar-refractivity contribution is 5.97. The number of carbonyl (C=O) groups is 2. The van der Waals surface area contributed by atoms with E-state index in [1.54, 1.807) is 17.9 Å². The molecule has 6 rings (SSSR count). The minimum absolute atomic E-state index is 0.0537. The zero-order chi connectivity index (χ0) is 34.3. The molecule has 1 fully saturated rings. The monoisotopic (exact) mass is 673 g/mol. The van der Waals surface area contributed by atoms with Gasteiger partial charge in [-0.15, -0.1) is 5.10 Å². The zero-order valence-corrected chi connectivity index (χ0v) is 25.4. The number of halogens is 5. The number of anilines is 2. The molecule has 0 spiro atoms. The van der Waals surface area contributed by atoms with Crippen molar-refractivity contribution in [2.45, 2.75) is 26.1 Å². The highest BCUT2D eigenvalue weighted by Crippen LogP contribution is 2.30. The molecule has 17 heteroatoms. The Morgan fingerprint density at radius 1 is 1.04 bits per heavy atom. The molecule has 0 aliphatic carbocycles. The second-order valence-corrected chi connectivity index (χ2v) is 11.2. The predicted molar refractivity (Wildman–Crippen MR) is 162 cm³/mol. The molecule has 12 nitrogen and oxygen atoms in total. The van der Waals surface area contributed by atoms with Crippen LogP contribution >= 0.6 is 0 Å². The van der Waals surface area contributed by atoms with Gasteiger partial charge in [-0.2, -0.15) is 27.1 Å². The topological polar surface area (TPSA) is 134 Å². The molecule has 48 heavy (non-hydrogen) atoms. The molecule has 2 aromatic carbocycles. The number of phenolic OH excluding ortho intramolecular Hbond substituents is 1. The van der Waals surface area contributed by atoms with E-state index in [9.17, 15) is 41.4 Å². The van der Waals surface area contributed by atoms with E-state index in [1.807, 2.05) is 0 Å². The molecule has 2 aromatic heterocycles. The third kappa shape index (κ3) is 6.20. The SMILES string of the molecule is Cc1c(N2CCN(C(=O)c3ccc(F)c(F)c3O)CC2)c(=O)n2nc(C3=CCOCC3)nc2n1CC(=O)Nc1ccc(C(F)(F)F)cc1. The lowest BCUT2D eigenvalue weighted by molar-refractivity contribution is -0.137. The first-order valence-electron chi connectivity index (χ1n) is 14.8. The lowest BCUT2D eigenvalue weighted by Gasteiger charge is -2.36. The third-order valence-electron chi connectivity index (χ3n) is 8.20. The first-order chi connectivity index (χ1) is 22.8. The van der Waals surface area contributed by atoms with E-state index in [1.165, 1.54) is 9.47 Å². The van der Waals surface area contributed by atoms with E-state index < -0.39 is 52.1 Å². The average Bonchev–Trinajstić information content (AvgIpc) is 3.52. The predicted octanol–water partition coefficient (Wildman–Crippen LogP) is 3.61. The molecule has 2 aliphatic heterocycles. The maximum Gasteiger partial charge on any atom is 0.416 e. The van der Waals surface area contributed by atoms with Crippen LogP contribution in [0.1, 0.15) is 33.9 Å². The van der Waals surface area contributed by atoms with Crippen LogP contribution in [0, 0.1) is 18.6 Å². The number of hydrogen-bond acceptors (Lipinski definition) is 8. The summed E-state index contributed by atoms with van der Waals surface area (Å²) >= 11 is 0. The molecule has 2 N–H and O–H groups in total. The third-order valence-corrected chi connectivity index (χ3v) is 8.20. The van der Waals surface area contributed by atoms with E-state index in [0.29, 0.717) is 25.3 Å². The van der Waals surface area contributed by atoms with Gasteiger partial charge in [0.2, 0.25) is 17.5 Å². The van der Waals surface area contributed by atoms with Gasteiger partial charge in [0.25, 0.3) is 11.5 Å². The van der Waals surface area contributed by atoms with Crippen molar-refractivity contribution in [2.24, 2.45) is 0 Å². The van der Waals surface area contributed by atoms with Crippen molar-refractivity contribution in [3.8, 4) is 5.75 Å². The highest BCUT2D eigenvalue weighted by atomic mass is 19.4. The summed E-state index contributed by atoms with van der Waals surface area (Å²) in [5.41, 5.74) is -0.421. The second kappa shape index (κ2) is 12.7. The Labute approximate surface area is 268 Å².